The topological polar surface area (TPSA) is 60.8 Å². The lowest BCUT2D eigenvalue weighted by Gasteiger charge is -2.28. The summed E-state index contributed by atoms with van der Waals surface area (Å²) < 4.78 is 0. The summed E-state index contributed by atoms with van der Waals surface area (Å²) in [5.74, 6) is 0.495. The number of phenols is 1. The van der Waals surface area contributed by atoms with Gasteiger partial charge in [0, 0.05) is 22.6 Å². The summed E-state index contributed by atoms with van der Waals surface area (Å²) in [6.07, 6.45) is 0.890. The zero-order valence-electron chi connectivity index (χ0n) is 20.1. The maximum atomic E-state index is 11.3. The van der Waals surface area contributed by atoms with Gasteiger partial charge in [0.1, 0.15) is 5.75 Å². The molecule has 32 heavy (non-hydrogen) atoms. The molecule has 0 aliphatic carbocycles. The summed E-state index contributed by atoms with van der Waals surface area (Å²) in [5.41, 5.74) is 2.78. The molecule has 2 rings (SSSR count). The van der Waals surface area contributed by atoms with Crippen LogP contribution in [0.2, 0.25) is 0 Å². The van der Waals surface area contributed by atoms with Crippen LogP contribution in [0.1, 0.15) is 64.7 Å². The number of benzene rings is 2. The van der Waals surface area contributed by atoms with Crippen molar-refractivity contribution in [2.24, 2.45) is 0 Å². The van der Waals surface area contributed by atoms with E-state index in [1.54, 1.807) is 11.8 Å². The highest BCUT2D eigenvalue weighted by molar-refractivity contribution is 7.99. The molecule has 2 N–H and O–H groups in total. The minimum atomic E-state index is -0.799. The number of hydrogen-bond donors (Lipinski definition) is 2. The molecule has 0 spiro atoms. The van der Waals surface area contributed by atoms with Gasteiger partial charge in [-0.25, -0.2) is 0 Å². The van der Waals surface area contributed by atoms with E-state index in [1.165, 1.54) is 0 Å². The average Bonchev–Trinajstić information content (AvgIpc) is 2.64. The van der Waals surface area contributed by atoms with Gasteiger partial charge in [-0.3, -0.25) is 9.69 Å². The summed E-state index contributed by atoms with van der Waals surface area (Å²) in [6.45, 7) is 14.1. The molecule has 0 unspecified atom stereocenters. The Hall–Kier alpha value is -1.69. The molecule has 0 aromatic heterocycles. The third kappa shape index (κ3) is 8.68. The number of hydrogen-bond acceptors (Lipinski definition) is 4. The minimum Gasteiger partial charge on any atom is -0.507 e. The predicted octanol–water partition coefficient (Wildman–Crippen LogP) is 6.48. The lowest BCUT2D eigenvalue weighted by Crippen LogP contribution is -2.30. The number of thioether (sulfide) groups is 1. The van der Waals surface area contributed by atoms with Crippen molar-refractivity contribution in [3.8, 4) is 5.75 Å². The molecule has 0 bridgehead atoms. The van der Waals surface area contributed by atoms with Gasteiger partial charge in [0.05, 0.1) is 6.54 Å². The van der Waals surface area contributed by atoms with Crippen molar-refractivity contribution in [1.82, 2.24) is 4.90 Å². The van der Waals surface area contributed by atoms with E-state index in [4.69, 9.17) is 0 Å². The summed E-state index contributed by atoms with van der Waals surface area (Å²) in [6, 6.07) is 14.2. The van der Waals surface area contributed by atoms with Crippen LogP contribution < -0.4 is 0 Å². The third-order valence-electron chi connectivity index (χ3n) is 5.19. The van der Waals surface area contributed by atoms with Gasteiger partial charge in [-0.1, -0.05) is 71.9 Å². The molecule has 0 amide bonds. The molecule has 0 aliphatic heterocycles. The highest BCUT2D eigenvalue weighted by Crippen LogP contribution is 2.41. The van der Waals surface area contributed by atoms with Crippen LogP contribution >= 0.6 is 24.2 Å². The van der Waals surface area contributed by atoms with Crippen molar-refractivity contribution in [2.45, 2.75) is 70.2 Å². The van der Waals surface area contributed by atoms with E-state index in [0.717, 1.165) is 40.3 Å². The van der Waals surface area contributed by atoms with Gasteiger partial charge < -0.3 is 10.2 Å². The lowest BCUT2D eigenvalue weighted by atomic mass is 9.79. The van der Waals surface area contributed by atoms with Crippen LogP contribution in [0.4, 0.5) is 0 Å². The molecular weight excluding hydrogens is 442 g/mol. The van der Waals surface area contributed by atoms with Crippen LogP contribution in [0, 0.1) is 0 Å². The number of halogens is 1. The van der Waals surface area contributed by atoms with Crippen molar-refractivity contribution in [3.05, 3.63) is 59.2 Å². The van der Waals surface area contributed by atoms with E-state index in [1.807, 2.05) is 35.2 Å². The predicted molar refractivity (Wildman–Crippen MR) is 137 cm³/mol. The minimum absolute atomic E-state index is 0. The number of nitrogens with zero attached hydrogens (tertiary/aromatic N) is 1. The first-order valence-corrected chi connectivity index (χ1v) is 11.9. The maximum absolute atomic E-state index is 11.3. The Kier molecular flexibility index (Phi) is 10.6. The number of rotatable bonds is 9. The monoisotopic (exact) mass is 479 g/mol. The van der Waals surface area contributed by atoms with Crippen molar-refractivity contribution < 1.29 is 15.0 Å². The van der Waals surface area contributed by atoms with Crippen LogP contribution in [0.25, 0.3) is 0 Å². The fourth-order valence-corrected chi connectivity index (χ4v) is 4.47. The zero-order valence-corrected chi connectivity index (χ0v) is 21.8. The summed E-state index contributed by atoms with van der Waals surface area (Å²) in [5, 5.41) is 20.1. The SMILES string of the molecule is CC(C)(C)c1cc(SCCCN(CC(=O)O)Cc2ccccc2)cc(C(C)(C)C)c1O.Cl. The maximum Gasteiger partial charge on any atom is 0.317 e. The summed E-state index contributed by atoms with van der Waals surface area (Å²) in [4.78, 5) is 14.4. The van der Waals surface area contributed by atoms with Crippen LogP contribution in [0.3, 0.4) is 0 Å². The number of phenolic OH excluding ortho intramolecular Hbond substituents is 1. The Morgan fingerprint density at radius 2 is 1.50 bits per heavy atom. The Labute approximate surface area is 203 Å². The molecule has 0 saturated carbocycles. The first kappa shape index (κ1) is 28.3. The molecule has 178 valence electrons. The van der Waals surface area contributed by atoms with Gasteiger partial charge in [0.2, 0.25) is 0 Å². The van der Waals surface area contributed by atoms with Crippen molar-refractivity contribution >= 4 is 30.1 Å². The number of aliphatic carboxylic acids is 1. The van der Waals surface area contributed by atoms with Crippen LogP contribution in [0.5, 0.6) is 5.75 Å². The number of carboxylic acid groups (broad SMARTS) is 1. The lowest BCUT2D eigenvalue weighted by molar-refractivity contribution is -0.138. The van der Waals surface area contributed by atoms with Gasteiger partial charge in [-0.2, -0.15) is 0 Å². The van der Waals surface area contributed by atoms with Crippen molar-refractivity contribution in [2.75, 3.05) is 18.8 Å². The standard InChI is InChI=1S/C26H37NO3S.ClH/c1-25(2,3)21-15-20(16-22(24(21)30)26(4,5)6)31-14-10-13-27(18-23(28)29)17-19-11-8-7-9-12-19;/h7-9,11-12,15-16,30H,10,13-14,17-18H2,1-6H3,(H,28,29);1H. The molecule has 2 aromatic carbocycles. The molecule has 0 saturated heterocycles. The first-order valence-electron chi connectivity index (χ1n) is 10.9. The van der Waals surface area contributed by atoms with E-state index < -0.39 is 5.97 Å². The van der Waals surface area contributed by atoms with Gasteiger partial charge in [-0.05, 0) is 47.2 Å². The van der Waals surface area contributed by atoms with E-state index in [0.29, 0.717) is 12.3 Å². The molecular formula is C26H38ClNO3S. The van der Waals surface area contributed by atoms with Crippen LogP contribution in [-0.4, -0.2) is 39.9 Å². The Morgan fingerprint density at radius 1 is 0.969 bits per heavy atom. The largest absolute Gasteiger partial charge is 0.507 e. The zero-order chi connectivity index (χ0) is 23.2. The second-order valence-electron chi connectivity index (χ2n) is 10.2. The molecule has 0 aliphatic rings. The second kappa shape index (κ2) is 12.0. The van der Waals surface area contributed by atoms with Gasteiger partial charge >= 0.3 is 5.97 Å². The van der Waals surface area contributed by atoms with Crippen LogP contribution in [-0.2, 0) is 22.2 Å². The average molecular weight is 480 g/mol. The third-order valence-corrected chi connectivity index (χ3v) is 6.26. The molecule has 6 heteroatoms. The van der Waals surface area contributed by atoms with E-state index in [2.05, 4.69) is 53.7 Å². The van der Waals surface area contributed by atoms with Gasteiger partial charge in [0.15, 0.2) is 0 Å². The highest BCUT2D eigenvalue weighted by atomic mass is 35.5. The normalized spacial score (nSPS) is 12.0. The molecule has 2 aromatic rings. The number of aromatic hydroxyl groups is 1. The fraction of sp³-hybridized carbons (Fsp3) is 0.500. The Balaban J connectivity index is 0.00000512. The molecule has 0 atom stereocenters. The van der Waals surface area contributed by atoms with Gasteiger partial charge in [0.25, 0.3) is 0 Å². The second-order valence-corrected chi connectivity index (χ2v) is 11.3. The van der Waals surface area contributed by atoms with Crippen molar-refractivity contribution in [1.29, 1.82) is 0 Å². The molecule has 4 nitrogen and oxygen atoms in total. The fourth-order valence-electron chi connectivity index (χ4n) is 3.56. The quantitative estimate of drug-likeness (QED) is 0.318. The Bertz CT molecular complexity index is 838. The van der Waals surface area contributed by atoms with E-state index in [9.17, 15) is 15.0 Å². The number of carbonyl (C=O) groups is 1. The van der Waals surface area contributed by atoms with E-state index >= 15 is 0 Å². The van der Waals surface area contributed by atoms with Gasteiger partial charge in [-0.15, -0.1) is 24.2 Å². The first-order chi connectivity index (χ1) is 14.4. The number of carboxylic acids is 1. The summed E-state index contributed by atoms with van der Waals surface area (Å²) in [7, 11) is 0. The smallest absolute Gasteiger partial charge is 0.317 e. The van der Waals surface area contributed by atoms with Crippen LogP contribution in [0.15, 0.2) is 47.4 Å². The molecule has 0 radical (unpaired) electrons. The highest BCUT2D eigenvalue weighted by Gasteiger charge is 2.26. The van der Waals surface area contributed by atoms with E-state index in [-0.39, 0.29) is 29.8 Å². The Morgan fingerprint density at radius 3 is 1.97 bits per heavy atom. The molecule has 0 fully saturated rings. The van der Waals surface area contributed by atoms with Crippen molar-refractivity contribution in [3.63, 3.8) is 0 Å². The summed E-state index contributed by atoms with van der Waals surface area (Å²) >= 11 is 1.77. The molecule has 0 heterocycles.